The zero-order chi connectivity index (χ0) is 30.8. The van der Waals surface area contributed by atoms with Gasteiger partial charge in [0.05, 0.1) is 34.0 Å². The Morgan fingerprint density at radius 3 is 2.39 bits per heavy atom. The standard InChI is InChI=1S/C34H26N2O6S2/c1-3-41-33(40)28-29(21-7-5-4-6-8-21)35-34-36(30(28)22-13-16-25(43-2)17-14-22)31(37)27(44-34)19-24-15-18-26(42-24)20-9-11-23(12-10-20)32(38)39/h4-19,30H,3H2,1-2H3,(H,38,39)/b27-19-/t30-/m0/s1. The van der Waals surface area contributed by atoms with Crippen molar-refractivity contribution in [1.29, 1.82) is 0 Å². The average Bonchev–Trinajstić information content (AvgIpc) is 3.65. The molecule has 6 rings (SSSR count). The minimum absolute atomic E-state index is 0.173. The third-order valence-corrected chi connectivity index (χ3v) is 8.85. The van der Waals surface area contributed by atoms with Gasteiger partial charge in [-0.3, -0.25) is 9.36 Å². The maximum Gasteiger partial charge on any atom is 0.338 e. The van der Waals surface area contributed by atoms with Gasteiger partial charge in [0.15, 0.2) is 4.80 Å². The van der Waals surface area contributed by atoms with Crippen LogP contribution >= 0.6 is 23.1 Å². The van der Waals surface area contributed by atoms with Gasteiger partial charge in [0.2, 0.25) is 0 Å². The number of thiazole rings is 1. The Morgan fingerprint density at radius 2 is 1.73 bits per heavy atom. The number of fused-ring (bicyclic) bond motifs is 1. The number of benzene rings is 3. The van der Waals surface area contributed by atoms with Gasteiger partial charge in [-0.25, -0.2) is 14.6 Å². The smallest absolute Gasteiger partial charge is 0.338 e. The highest BCUT2D eigenvalue weighted by Crippen LogP contribution is 2.35. The maximum atomic E-state index is 14.1. The summed E-state index contributed by atoms with van der Waals surface area (Å²) in [6.07, 6.45) is 3.64. The number of aromatic nitrogens is 1. The van der Waals surface area contributed by atoms with E-state index in [9.17, 15) is 19.5 Å². The monoisotopic (exact) mass is 622 g/mol. The Bertz CT molecular complexity index is 2070. The molecule has 0 radical (unpaired) electrons. The molecule has 0 saturated heterocycles. The summed E-state index contributed by atoms with van der Waals surface area (Å²) in [5.41, 5.74) is 2.81. The van der Waals surface area contributed by atoms with E-state index >= 15 is 0 Å². The Labute approximate surface area is 260 Å². The van der Waals surface area contributed by atoms with Crippen LogP contribution in [-0.2, 0) is 9.53 Å². The number of aromatic carboxylic acids is 1. The molecular weight excluding hydrogens is 597 g/mol. The molecule has 220 valence electrons. The second-order valence-corrected chi connectivity index (χ2v) is 11.7. The van der Waals surface area contributed by atoms with E-state index in [2.05, 4.69) is 0 Å². The quantitative estimate of drug-likeness (QED) is 0.177. The lowest BCUT2D eigenvalue weighted by Crippen LogP contribution is -2.40. The van der Waals surface area contributed by atoms with Crippen molar-refractivity contribution in [3.63, 3.8) is 0 Å². The van der Waals surface area contributed by atoms with Gasteiger partial charge in [-0.2, -0.15) is 0 Å². The summed E-state index contributed by atoms with van der Waals surface area (Å²) in [5, 5.41) is 9.18. The highest BCUT2D eigenvalue weighted by Gasteiger charge is 2.35. The van der Waals surface area contributed by atoms with Crippen molar-refractivity contribution >= 4 is 46.8 Å². The summed E-state index contributed by atoms with van der Waals surface area (Å²) in [4.78, 5) is 45.2. The minimum Gasteiger partial charge on any atom is -0.478 e. The van der Waals surface area contributed by atoms with Gasteiger partial charge >= 0.3 is 11.9 Å². The van der Waals surface area contributed by atoms with Crippen LogP contribution in [0.4, 0.5) is 0 Å². The van der Waals surface area contributed by atoms with Crippen LogP contribution in [0.3, 0.4) is 0 Å². The third-order valence-electron chi connectivity index (χ3n) is 7.12. The molecule has 44 heavy (non-hydrogen) atoms. The minimum atomic E-state index is -1.01. The van der Waals surface area contributed by atoms with Gasteiger partial charge in [-0.15, -0.1) is 11.8 Å². The van der Waals surface area contributed by atoms with Crippen LogP contribution in [0.25, 0.3) is 23.1 Å². The third kappa shape index (κ3) is 5.57. The molecule has 0 bridgehead atoms. The first-order valence-electron chi connectivity index (χ1n) is 13.7. The van der Waals surface area contributed by atoms with Gasteiger partial charge in [-0.05, 0) is 55.1 Å². The SMILES string of the molecule is CCOC(=O)C1=C(c2ccccc2)N=c2s/c(=C\c3ccc(-c4ccc(C(=O)O)cc4)o3)c(=O)n2[C@H]1c1ccc(SC)cc1. The number of hydrogen-bond donors (Lipinski definition) is 1. The number of carbonyl (C=O) groups is 2. The average molecular weight is 623 g/mol. The molecule has 1 N–H and O–H groups in total. The lowest BCUT2D eigenvalue weighted by atomic mass is 9.93. The first kappa shape index (κ1) is 29.2. The maximum absolute atomic E-state index is 14.1. The fraction of sp³-hybridized carbons (Fsp3) is 0.118. The van der Waals surface area contributed by atoms with Crippen LogP contribution in [0.1, 0.15) is 40.2 Å². The first-order chi connectivity index (χ1) is 21.4. The van der Waals surface area contributed by atoms with Crippen molar-refractivity contribution in [2.75, 3.05) is 12.9 Å². The van der Waals surface area contributed by atoms with E-state index in [0.717, 1.165) is 16.0 Å². The van der Waals surface area contributed by atoms with Crippen molar-refractivity contribution in [2.45, 2.75) is 17.9 Å². The molecule has 10 heteroatoms. The zero-order valence-corrected chi connectivity index (χ0v) is 25.4. The van der Waals surface area contributed by atoms with Gasteiger partial charge in [0.1, 0.15) is 11.5 Å². The second kappa shape index (κ2) is 12.4. The number of esters is 1. The summed E-state index contributed by atoms with van der Waals surface area (Å²) >= 11 is 2.81. The number of hydrogen-bond acceptors (Lipinski definition) is 8. The topological polar surface area (TPSA) is 111 Å². The van der Waals surface area contributed by atoms with Gasteiger partial charge < -0.3 is 14.3 Å². The molecule has 0 saturated carbocycles. The van der Waals surface area contributed by atoms with Gasteiger partial charge in [-0.1, -0.05) is 65.9 Å². The molecule has 0 aliphatic carbocycles. The van der Waals surface area contributed by atoms with Crippen molar-refractivity contribution in [3.05, 3.63) is 139 Å². The summed E-state index contributed by atoms with van der Waals surface area (Å²) in [5.74, 6) is -0.565. The highest BCUT2D eigenvalue weighted by atomic mass is 32.2. The Morgan fingerprint density at radius 1 is 1.00 bits per heavy atom. The molecule has 5 aromatic rings. The molecule has 0 fully saturated rings. The first-order valence-corrected chi connectivity index (χ1v) is 15.8. The Hall–Kier alpha value is -4.93. The van der Waals surface area contributed by atoms with Crippen LogP contribution in [0.2, 0.25) is 0 Å². The van der Waals surface area contributed by atoms with Crippen molar-refractivity contribution in [2.24, 2.45) is 4.99 Å². The number of rotatable bonds is 8. The molecule has 0 amide bonds. The van der Waals surface area contributed by atoms with Crippen molar-refractivity contribution in [1.82, 2.24) is 4.57 Å². The van der Waals surface area contributed by atoms with Gasteiger partial charge in [0, 0.05) is 22.1 Å². The lowest BCUT2D eigenvalue weighted by Gasteiger charge is -2.26. The molecule has 3 heterocycles. The van der Waals surface area contributed by atoms with Crippen LogP contribution in [-0.4, -0.2) is 34.5 Å². The number of nitrogens with zero attached hydrogens (tertiary/aromatic N) is 2. The largest absolute Gasteiger partial charge is 0.478 e. The molecule has 8 nitrogen and oxygen atoms in total. The zero-order valence-electron chi connectivity index (χ0n) is 23.7. The van der Waals surface area contributed by atoms with Crippen LogP contribution in [0.5, 0.6) is 0 Å². The van der Waals surface area contributed by atoms with Gasteiger partial charge in [0.25, 0.3) is 5.56 Å². The fourth-order valence-electron chi connectivity index (χ4n) is 5.03. The molecule has 0 spiro atoms. The Balaban J connectivity index is 1.52. The highest BCUT2D eigenvalue weighted by molar-refractivity contribution is 7.98. The lowest BCUT2D eigenvalue weighted by molar-refractivity contribution is -0.138. The van der Waals surface area contributed by atoms with Crippen LogP contribution in [0, 0.1) is 0 Å². The summed E-state index contributed by atoms with van der Waals surface area (Å²) in [7, 11) is 0. The molecule has 1 aliphatic rings. The number of carbonyl (C=O) groups excluding carboxylic acids is 1. The van der Waals surface area contributed by atoms with E-state index in [4.69, 9.17) is 14.1 Å². The molecular formula is C34H26N2O6S2. The molecule has 1 aliphatic heterocycles. The van der Waals surface area contributed by atoms with E-state index in [1.54, 1.807) is 53.6 Å². The van der Waals surface area contributed by atoms with Crippen LogP contribution < -0.4 is 14.9 Å². The van der Waals surface area contributed by atoms with Crippen molar-refractivity contribution < 1.29 is 23.8 Å². The molecule has 2 aromatic heterocycles. The molecule has 0 unspecified atom stereocenters. The van der Waals surface area contributed by atoms with E-state index in [1.165, 1.54) is 23.5 Å². The summed E-state index contributed by atoms with van der Waals surface area (Å²) in [6, 6.07) is 26.3. The number of carboxylic acid groups (broad SMARTS) is 1. The molecule has 3 aromatic carbocycles. The predicted octanol–water partition coefficient (Wildman–Crippen LogP) is 5.62. The number of furan rings is 1. The molecule has 1 atom stereocenters. The number of thioether (sulfide) groups is 1. The summed E-state index contributed by atoms with van der Waals surface area (Å²) in [6.45, 7) is 1.92. The van der Waals surface area contributed by atoms with E-state index in [0.29, 0.717) is 37.7 Å². The Kier molecular flexibility index (Phi) is 8.19. The normalized spacial score (nSPS) is 14.7. The van der Waals surface area contributed by atoms with E-state index < -0.39 is 18.0 Å². The van der Waals surface area contributed by atoms with E-state index in [1.807, 2.05) is 60.9 Å². The number of ether oxygens (including phenoxy) is 1. The van der Waals surface area contributed by atoms with Crippen molar-refractivity contribution in [3.8, 4) is 11.3 Å². The number of carboxylic acids is 1. The second-order valence-electron chi connectivity index (χ2n) is 9.79. The van der Waals surface area contributed by atoms with E-state index in [-0.39, 0.29) is 17.7 Å². The fourth-order valence-corrected chi connectivity index (χ4v) is 6.42. The summed E-state index contributed by atoms with van der Waals surface area (Å²) < 4.78 is 13.5. The van der Waals surface area contributed by atoms with Crippen LogP contribution in [0.15, 0.2) is 116 Å². The predicted molar refractivity (Wildman–Crippen MR) is 170 cm³/mol.